The number of nitrogens with one attached hydrogen (secondary N) is 2. The maximum absolute atomic E-state index is 4.83. The number of rotatable bonds is 7. The molecule has 28 heavy (non-hydrogen) atoms. The van der Waals surface area contributed by atoms with Crippen molar-refractivity contribution in [3.8, 4) is 0 Å². The monoisotopic (exact) mass is 499 g/mol. The topological polar surface area (TPSA) is 42.9 Å². The van der Waals surface area contributed by atoms with E-state index >= 15 is 0 Å². The van der Waals surface area contributed by atoms with Crippen LogP contribution < -0.4 is 10.6 Å². The van der Waals surface area contributed by atoms with Crippen molar-refractivity contribution in [1.82, 2.24) is 20.4 Å². The predicted molar refractivity (Wildman–Crippen MR) is 130 cm³/mol. The van der Waals surface area contributed by atoms with Gasteiger partial charge in [-0.25, -0.2) is 0 Å². The molecule has 1 aliphatic heterocycles. The van der Waals surface area contributed by atoms with Crippen molar-refractivity contribution in [2.75, 3.05) is 46.3 Å². The van der Waals surface area contributed by atoms with Crippen molar-refractivity contribution in [2.45, 2.75) is 51.1 Å². The second kappa shape index (κ2) is 12.6. The molecule has 1 heterocycles. The SMILES string of the molecule is CCNC(=NCCCN1CCN(C)CC1c1ccccc1)NC1CCCC1.I. The van der Waals surface area contributed by atoms with Crippen LogP contribution in [0.25, 0.3) is 0 Å². The lowest BCUT2D eigenvalue weighted by atomic mass is 10.0. The summed E-state index contributed by atoms with van der Waals surface area (Å²) in [5.74, 6) is 1.00. The molecule has 3 rings (SSSR count). The highest BCUT2D eigenvalue weighted by molar-refractivity contribution is 14.0. The summed E-state index contributed by atoms with van der Waals surface area (Å²) in [5, 5.41) is 7.02. The summed E-state index contributed by atoms with van der Waals surface area (Å²) in [6.07, 6.45) is 6.37. The number of likely N-dealkylation sites (N-methyl/N-ethyl adjacent to an activating group) is 1. The van der Waals surface area contributed by atoms with E-state index in [2.05, 4.69) is 64.7 Å². The van der Waals surface area contributed by atoms with Crippen LogP contribution in [-0.4, -0.2) is 68.1 Å². The van der Waals surface area contributed by atoms with E-state index in [9.17, 15) is 0 Å². The van der Waals surface area contributed by atoms with Crippen LogP contribution in [-0.2, 0) is 0 Å². The Morgan fingerprint density at radius 3 is 2.61 bits per heavy atom. The molecule has 1 aliphatic carbocycles. The standard InChI is InChI=1S/C22H37N5.HI/c1-3-23-22(25-20-12-7-8-13-20)24-14-9-15-27-17-16-26(2)18-21(27)19-10-5-4-6-11-19;/h4-6,10-11,20-21H,3,7-9,12-18H2,1-2H3,(H2,23,24,25);1H. The third kappa shape index (κ3) is 7.19. The van der Waals surface area contributed by atoms with E-state index in [1.165, 1.54) is 31.2 Å². The fourth-order valence-electron chi connectivity index (χ4n) is 4.26. The molecule has 2 fully saturated rings. The average Bonchev–Trinajstić information content (AvgIpc) is 3.20. The molecule has 0 bridgehead atoms. The number of hydrogen-bond acceptors (Lipinski definition) is 3. The lowest BCUT2D eigenvalue weighted by Crippen LogP contribution is -2.47. The average molecular weight is 499 g/mol. The Hall–Kier alpha value is -0.860. The van der Waals surface area contributed by atoms with Crippen LogP contribution in [0.5, 0.6) is 0 Å². The maximum atomic E-state index is 4.83. The fraction of sp³-hybridized carbons (Fsp3) is 0.682. The van der Waals surface area contributed by atoms with Crippen molar-refractivity contribution < 1.29 is 0 Å². The molecule has 158 valence electrons. The van der Waals surface area contributed by atoms with Crippen LogP contribution in [0, 0.1) is 0 Å². The zero-order chi connectivity index (χ0) is 18.9. The Bertz CT molecular complexity index is 574. The van der Waals surface area contributed by atoms with Crippen LogP contribution >= 0.6 is 24.0 Å². The zero-order valence-electron chi connectivity index (χ0n) is 17.6. The molecule has 1 unspecified atom stereocenters. The van der Waals surface area contributed by atoms with Gasteiger partial charge in [0.1, 0.15) is 0 Å². The number of halogens is 1. The number of guanidine groups is 1. The summed E-state index contributed by atoms with van der Waals surface area (Å²) in [4.78, 5) is 9.92. The van der Waals surface area contributed by atoms with E-state index in [1.54, 1.807) is 0 Å². The van der Waals surface area contributed by atoms with Gasteiger partial charge in [-0.15, -0.1) is 24.0 Å². The highest BCUT2D eigenvalue weighted by Crippen LogP contribution is 2.24. The normalized spacial score (nSPS) is 22.1. The molecular formula is C22H38IN5. The van der Waals surface area contributed by atoms with Crippen LogP contribution in [0.4, 0.5) is 0 Å². The Labute approximate surface area is 188 Å². The molecule has 1 saturated carbocycles. The summed E-state index contributed by atoms with van der Waals surface area (Å²) in [6, 6.07) is 12.1. The number of benzene rings is 1. The summed E-state index contributed by atoms with van der Waals surface area (Å²) in [5.41, 5.74) is 1.43. The van der Waals surface area contributed by atoms with Crippen molar-refractivity contribution in [1.29, 1.82) is 0 Å². The summed E-state index contributed by atoms with van der Waals surface area (Å²) in [7, 11) is 2.23. The van der Waals surface area contributed by atoms with Gasteiger partial charge in [0.15, 0.2) is 5.96 Å². The first-order valence-electron chi connectivity index (χ1n) is 10.8. The fourth-order valence-corrected chi connectivity index (χ4v) is 4.26. The van der Waals surface area contributed by atoms with Gasteiger partial charge >= 0.3 is 0 Å². The third-order valence-electron chi connectivity index (χ3n) is 5.79. The summed E-state index contributed by atoms with van der Waals surface area (Å²) < 4.78 is 0. The highest BCUT2D eigenvalue weighted by Gasteiger charge is 2.25. The number of hydrogen-bond donors (Lipinski definition) is 2. The Morgan fingerprint density at radius 1 is 1.14 bits per heavy atom. The van der Waals surface area contributed by atoms with Gasteiger partial charge in [-0.05, 0) is 38.8 Å². The first kappa shape index (κ1) is 23.4. The summed E-state index contributed by atoms with van der Waals surface area (Å²) in [6.45, 7) is 8.46. The van der Waals surface area contributed by atoms with Crippen molar-refractivity contribution in [3.05, 3.63) is 35.9 Å². The molecule has 1 aromatic carbocycles. The van der Waals surface area contributed by atoms with Crippen molar-refractivity contribution in [2.24, 2.45) is 4.99 Å². The Kier molecular flexibility index (Phi) is 10.6. The van der Waals surface area contributed by atoms with E-state index < -0.39 is 0 Å². The number of piperazine rings is 1. The van der Waals surface area contributed by atoms with E-state index in [0.717, 1.165) is 51.6 Å². The minimum absolute atomic E-state index is 0. The van der Waals surface area contributed by atoms with Crippen molar-refractivity contribution >= 4 is 29.9 Å². The van der Waals surface area contributed by atoms with E-state index in [-0.39, 0.29) is 24.0 Å². The van der Waals surface area contributed by atoms with E-state index in [0.29, 0.717) is 12.1 Å². The molecule has 5 nitrogen and oxygen atoms in total. The molecule has 6 heteroatoms. The van der Waals surface area contributed by atoms with Crippen LogP contribution in [0.3, 0.4) is 0 Å². The van der Waals surface area contributed by atoms with E-state index in [4.69, 9.17) is 4.99 Å². The Morgan fingerprint density at radius 2 is 1.89 bits per heavy atom. The summed E-state index contributed by atoms with van der Waals surface area (Å²) >= 11 is 0. The molecule has 1 saturated heterocycles. The second-order valence-electron chi connectivity index (χ2n) is 7.96. The molecule has 2 N–H and O–H groups in total. The highest BCUT2D eigenvalue weighted by atomic mass is 127. The Balaban J connectivity index is 0.00000280. The molecule has 0 radical (unpaired) electrons. The maximum Gasteiger partial charge on any atom is 0.191 e. The lowest BCUT2D eigenvalue weighted by molar-refractivity contribution is 0.0894. The van der Waals surface area contributed by atoms with Crippen molar-refractivity contribution in [3.63, 3.8) is 0 Å². The predicted octanol–water partition coefficient (Wildman–Crippen LogP) is 3.48. The molecule has 0 aromatic heterocycles. The van der Waals surface area contributed by atoms with Crippen LogP contribution in [0.1, 0.15) is 50.6 Å². The van der Waals surface area contributed by atoms with Gasteiger partial charge in [-0.2, -0.15) is 0 Å². The molecule has 1 aromatic rings. The molecule has 0 spiro atoms. The van der Waals surface area contributed by atoms with Gasteiger partial charge in [0.2, 0.25) is 0 Å². The molecule has 0 amide bonds. The largest absolute Gasteiger partial charge is 0.357 e. The smallest absolute Gasteiger partial charge is 0.191 e. The van der Waals surface area contributed by atoms with Crippen LogP contribution in [0.15, 0.2) is 35.3 Å². The quantitative estimate of drug-likeness (QED) is 0.261. The number of aliphatic imine (C=N–C) groups is 1. The van der Waals surface area contributed by atoms with Gasteiger partial charge in [-0.3, -0.25) is 9.89 Å². The molecule has 1 atom stereocenters. The zero-order valence-corrected chi connectivity index (χ0v) is 19.9. The van der Waals surface area contributed by atoms with Gasteiger partial charge in [0.25, 0.3) is 0 Å². The minimum Gasteiger partial charge on any atom is -0.357 e. The molecular weight excluding hydrogens is 461 g/mol. The first-order valence-corrected chi connectivity index (χ1v) is 10.8. The minimum atomic E-state index is 0. The third-order valence-corrected chi connectivity index (χ3v) is 5.79. The molecule has 2 aliphatic rings. The second-order valence-corrected chi connectivity index (χ2v) is 7.96. The van der Waals surface area contributed by atoms with Crippen LogP contribution in [0.2, 0.25) is 0 Å². The lowest BCUT2D eigenvalue weighted by Gasteiger charge is -2.40. The number of nitrogens with zero attached hydrogens (tertiary/aromatic N) is 3. The van der Waals surface area contributed by atoms with Gasteiger partial charge in [0.05, 0.1) is 0 Å². The first-order chi connectivity index (χ1) is 13.3. The van der Waals surface area contributed by atoms with Gasteiger partial charge in [0, 0.05) is 51.4 Å². The van der Waals surface area contributed by atoms with E-state index in [1.807, 2.05) is 0 Å². The van der Waals surface area contributed by atoms with Gasteiger partial charge in [-0.1, -0.05) is 43.2 Å². The van der Waals surface area contributed by atoms with Gasteiger partial charge < -0.3 is 15.5 Å².